The van der Waals surface area contributed by atoms with E-state index in [1.807, 2.05) is 11.6 Å². The molecule has 0 aliphatic carbocycles. The Balaban J connectivity index is 1.66. The number of thiazole rings is 1. The van der Waals surface area contributed by atoms with Crippen molar-refractivity contribution in [3.05, 3.63) is 16.6 Å². The molecule has 0 amide bonds. The fraction of sp³-hybridized carbons (Fsp3) is 0.786. The van der Waals surface area contributed by atoms with Crippen molar-refractivity contribution < 1.29 is 8.42 Å². The van der Waals surface area contributed by atoms with Crippen LogP contribution in [0, 0.1) is 5.41 Å². The van der Waals surface area contributed by atoms with Crippen LogP contribution in [-0.2, 0) is 16.6 Å². The molecular formula is C14H23N3O2S2. The van der Waals surface area contributed by atoms with Crippen molar-refractivity contribution >= 4 is 21.4 Å². The van der Waals surface area contributed by atoms with Crippen molar-refractivity contribution in [3.8, 4) is 0 Å². The lowest BCUT2D eigenvalue weighted by molar-refractivity contribution is 0.0934. The van der Waals surface area contributed by atoms with Gasteiger partial charge >= 0.3 is 0 Å². The van der Waals surface area contributed by atoms with Crippen LogP contribution in [0.15, 0.2) is 11.6 Å². The van der Waals surface area contributed by atoms with Crippen molar-refractivity contribution in [1.29, 1.82) is 0 Å². The van der Waals surface area contributed by atoms with Gasteiger partial charge in [-0.25, -0.2) is 17.7 Å². The van der Waals surface area contributed by atoms with Gasteiger partial charge < -0.3 is 0 Å². The molecule has 0 bridgehead atoms. The smallest absolute Gasteiger partial charge is 0.213 e. The highest BCUT2D eigenvalue weighted by Crippen LogP contribution is 2.40. The second-order valence-corrected chi connectivity index (χ2v) is 9.46. The summed E-state index contributed by atoms with van der Waals surface area (Å²) < 4.78 is 25.8. The average molecular weight is 329 g/mol. The molecule has 0 saturated carbocycles. The summed E-state index contributed by atoms with van der Waals surface area (Å²) in [5.41, 5.74) is 0.164. The van der Waals surface area contributed by atoms with Crippen molar-refractivity contribution in [2.45, 2.75) is 32.7 Å². The zero-order valence-corrected chi connectivity index (χ0v) is 14.1. The van der Waals surface area contributed by atoms with Crippen molar-refractivity contribution in [2.75, 3.05) is 31.9 Å². The monoisotopic (exact) mass is 329 g/mol. The molecular weight excluding hydrogens is 306 g/mol. The first kappa shape index (κ1) is 15.4. The van der Waals surface area contributed by atoms with Crippen molar-refractivity contribution in [1.82, 2.24) is 14.2 Å². The summed E-state index contributed by atoms with van der Waals surface area (Å²) in [6.45, 7) is 6.14. The highest BCUT2D eigenvalue weighted by Gasteiger charge is 2.44. The maximum atomic E-state index is 12.1. The van der Waals surface area contributed by atoms with Crippen molar-refractivity contribution in [3.63, 3.8) is 0 Å². The maximum Gasteiger partial charge on any atom is 0.213 e. The van der Waals surface area contributed by atoms with Gasteiger partial charge in [0.25, 0.3) is 0 Å². The lowest BCUT2D eigenvalue weighted by atomic mass is 9.79. The van der Waals surface area contributed by atoms with Gasteiger partial charge in [-0.05, 0) is 38.1 Å². The SMILES string of the molecule is CCS(=O)(=O)N1CC[C@@]2(CCCN(Cc3nccs3)C2)C1. The summed E-state index contributed by atoms with van der Waals surface area (Å²) in [7, 11) is -3.04. The number of aromatic nitrogens is 1. The van der Waals surface area contributed by atoms with Crippen LogP contribution in [0.2, 0.25) is 0 Å². The molecule has 5 nitrogen and oxygen atoms in total. The molecule has 118 valence electrons. The molecule has 1 aromatic rings. The molecule has 3 rings (SSSR count). The molecule has 2 saturated heterocycles. The highest BCUT2D eigenvalue weighted by atomic mass is 32.2. The number of hydrogen-bond donors (Lipinski definition) is 0. The largest absolute Gasteiger partial charge is 0.296 e. The van der Waals surface area contributed by atoms with E-state index >= 15 is 0 Å². The predicted molar refractivity (Wildman–Crippen MR) is 84.7 cm³/mol. The van der Waals surface area contributed by atoms with E-state index in [1.165, 1.54) is 0 Å². The van der Waals surface area contributed by atoms with Crippen LogP contribution < -0.4 is 0 Å². The van der Waals surface area contributed by atoms with Crippen LogP contribution in [0.1, 0.15) is 31.2 Å². The predicted octanol–water partition coefficient (Wildman–Crippen LogP) is 1.78. The molecule has 2 aliphatic heterocycles. The van der Waals surface area contributed by atoms with Crippen LogP contribution in [0.5, 0.6) is 0 Å². The third-order valence-electron chi connectivity index (χ3n) is 4.74. The van der Waals surface area contributed by atoms with Gasteiger partial charge in [0, 0.05) is 31.2 Å². The third kappa shape index (κ3) is 3.31. The fourth-order valence-electron chi connectivity index (χ4n) is 3.61. The molecule has 0 radical (unpaired) electrons. The van der Waals surface area contributed by atoms with Crippen molar-refractivity contribution in [2.24, 2.45) is 5.41 Å². The van der Waals surface area contributed by atoms with E-state index in [-0.39, 0.29) is 11.2 Å². The van der Waals surface area contributed by atoms with E-state index in [4.69, 9.17) is 0 Å². The van der Waals surface area contributed by atoms with E-state index < -0.39 is 10.0 Å². The molecule has 2 aliphatic rings. The zero-order chi connectivity index (χ0) is 14.9. The summed E-state index contributed by atoms with van der Waals surface area (Å²) in [5.74, 6) is 0.214. The quantitative estimate of drug-likeness (QED) is 0.845. The topological polar surface area (TPSA) is 53.5 Å². The van der Waals surface area contributed by atoms with Gasteiger partial charge in [0.15, 0.2) is 0 Å². The van der Waals surface area contributed by atoms with Gasteiger partial charge in [-0.3, -0.25) is 4.90 Å². The molecule has 0 unspecified atom stereocenters. The molecule has 0 aromatic carbocycles. The second kappa shape index (κ2) is 5.95. The molecule has 0 N–H and O–H groups in total. The summed E-state index contributed by atoms with van der Waals surface area (Å²) >= 11 is 1.70. The van der Waals surface area contributed by atoms with Gasteiger partial charge in [0.05, 0.1) is 12.3 Å². The van der Waals surface area contributed by atoms with Crippen LogP contribution in [-0.4, -0.2) is 54.5 Å². The first-order chi connectivity index (χ1) is 10.0. The Bertz CT molecular complexity index is 573. The van der Waals surface area contributed by atoms with Crippen LogP contribution in [0.25, 0.3) is 0 Å². The molecule has 21 heavy (non-hydrogen) atoms. The average Bonchev–Trinajstić information content (AvgIpc) is 3.10. The highest BCUT2D eigenvalue weighted by molar-refractivity contribution is 7.89. The number of piperidine rings is 1. The Morgan fingerprint density at radius 3 is 2.90 bits per heavy atom. The minimum atomic E-state index is -3.04. The molecule has 7 heteroatoms. The molecule has 1 spiro atoms. The molecule has 3 heterocycles. The van der Waals surface area contributed by atoms with E-state index in [0.717, 1.165) is 43.9 Å². The van der Waals surface area contributed by atoms with Gasteiger partial charge in [-0.2, -0.15) is 0 Å². The zero-order valence-electron chi connectivity index (χ0n) is 12.5. The van der Waals surface area contributed by atoms with E-state index in [1.54, 1.807) is 22.6 Å². The Hall–Kier alpha value is -0.500. The minimum absolute atomic E-state index is 0.164. The number of nitrogens with zero attached hydrogens (tertiary/aromatic N) is 3. The summed E-state index contributed by atoms with van der Waals surface area (Å²) in [4.78, 5) is 6.81. The second-order valence-electron chi connectivity index (χ2n) is 6.22. The number of rotatable bonds is 4. The van der Waals surface area contributed by atoms with E-state index in [2.05, 4.69) is 9.88 Å². The van der Waals surface area contributed by atoms with Gasteiger partial charge in [-0.1, -0.05) is 0 Å². The fourth-order valence-corrected chi connectivity index (χ4v) is 5.48. The Kier molecular flexibility index (Phi) is 4.36. The van der Waals surface area contributed by atoms with Gasteiger partial charge in [0.2, 0.25) is 10.0 Å². The Morgan fingerprint density at radius 1 is 1.33 bits per heavy atom. The van der Waals surface area contributed by atoms with Gasteiger partial charge in [0.1, 0.15) is 5.01 Å². The summed E-state index contributed by atoms with van der Waals surface area (Å²) in [5, 5.41) is 3.17. The van der Waals surface area contributed by atoms with E-state index in [9.17, 15) is 8.42 Å². The lowest BCUT2D eigenvalue weighted by Crippen LogP contribution is -2.45. The number of sulfonamides is 1. The summed E-state index contributed by atoms with van der Waals surface area (Å²) in [6, 6.07) is 0. The van der Waals surface area contributed by atoms with E-state index in [0.29, 0.717) is 13.1 Å². The van der Waals surface area contributed by atoms with Crippen LogP contribution >= 0.6 is 11.3 Å². The molecule has 1 atom stereocenters. The first-order valence-electron chi connectivity index (χ1n) is 7.62. The Labute approximate surface area is 131 Å². The standard InChI is InChI=1S/C14H23N3O2S2/c1-2-21(18,19)17-8-5-14(12-17)4-3-7-16(11-14)10-13-15-6-9-20-13/h6,9H,2-5,7-8,10-12H2,1H3/t14-/m1/s1. The lowest BCUT2D eigenvalue weighted by Gasteiger charge is -2.40. The maximum absolute atomic E-state index is 12.1. The van der Waals surface area contributed by atoms with Crippen LogP contribution in [0.4, 0.5) is 0 Å². The number of likely N-dealkylation sites (tertiary alicyclic amines) is 1. The third-order valence-corrected chi connectivity index (χ3v) is 7.34. The van der Waals surface area contributed by atoms with Gasteiger partial charge in [-0.15, -0.1) is 11.3 Å². The summed E-state index contributed by atoms with van der Waals surface area (Å²) in [6.07, 6.45) is 5.16. The first-order valence-corrected chi connectivity index (χ1v) is 10.1. The molecule has 2 fully saturated rings. The van der Waals surface area contributed by atoms with Crippen LogP contribution in [0.3, 0.4) is 0 Å². The Morgan fingerprint density at radius 2 is 2.19 bits per heavy atom. The minimum Gasteiger partial charge on any atom is -0.296 e. The number of hydrogen-bond acceptors (Lipinski definition) is 5. The molecule has 1 aromatic heterocycles. The normalized spacial score (nSPS) is 28.4.